The number of amides is 1. The number of pyridine rings is 1. The van der Waals surface area contributed by atoms with Gasteiger partial charge in [-0.1, -0.05) is 35.5 Å². The first kappa shape index (κ1) is 17.7. The molecule has 5 nitrogen and oxygen atoms in total. The predicted molar refractivity (Wildman–Crippen MR) is 99.8 cm³/mol. The number of para-hydroxylation sites is 1. The summed E-state index contributed by atoms with van der Waals surface area (Å²) in [5, 5.41) is 13.3. The first-order valence-electron chi connectivity index (χ1n) is 7.85. The largest absolute Gasteiger partial charge is 0.324 e. The Kier molecular flexibility index (Phi) is 5.59. The topological polar surface area (TPSA) is 69.0 Å². The third-order valence-corrected chi connectivity index (χ3v) is 5.26. The molecule has 1 aliphatic heterocycles. The van der Waals surface area contributed by atoms with Crippen LogP contribution >= 0.6 is 23.4 Å². The number of likely N-dealkylation sites (N-methyl/N-ethyl adjacent to an activating group) is 1. The van der Waals surface area contributed by atoms with Crippen LogP contribution < -0.4 is 5.32 Å². The fourth-order valence-corrected chi connectivity index (χ4v) is 3.62. The highest BCUT2D eigenvalue weighted by Gasteiger charge is 2.18. The molecule has 1 aliphatic rings. The molecule has 0 unspecified atom stereocenters. The van der Waals surface area contributed by atoms with Crippen molar-refractivity contribution in [1.82, 2.24) is 9.88 Å². The van der Waals surface area contributed by atoms with Gasteiger partial charge in [-0.05, 0) is 30.8 Å². The third kappa shape index (κ3) is 4.31. The quantitative estimate of drug-likeness (QED) is 0.834. The van der Waals surface area contributed by atoms with E-state index < -0.39 is 0 Å². The number of hydrogen-bond donors (Lipinski definition) is 1. The molecule has 0 saturated heterocycles. The van der Waals surface area contributed by atoms with Gasteiger partial charge in [-0.15, -0.1) is 0 Å². The van der Waals surface area contributed by atoms with Gasteiger partial charge >= 0.3 is 0 Å². The van der Waals surface area contributed by atoms with Gasteiger partial charge in [0.15, 0.2) is 0 Å². The van der Waals surface area contributed by atoms with Crippen molar-refractivity contribution in [2.45, 2.75) is 18.0 Å². The Morgan fingerprint density at radius 2 is 2.28 bits per heavy atom. The number of nitriles is 1. The minimum absolute atomic E-state index is 0.172. The number of carbonyl (C=O) groups is 1. The summed E-state index contributed by atoms with van der Waals surface area (Å²) in [6.07, 6.45) is 0.858. The van der Waals surface area contributed by atoms with Crippen molar-refractivity contribution in [3.8, 4) is 6.07 Å². The van der Waals surface area contributed by atoms with Gasteiger partial charge in [0.2, 0.25) is 5.91 Å². The van der Waals surface area contributed by atoms with E-state index >= 15 is 0 Å². The van der Waals surface area contributed by atoms with Crippen LogP contribution in [0.25, 0.3) is 0 Å². The molecule has 1 N–H and O–H groups in total. The molecule has 2 heterocycles. The number of benzene rings is 1. The summed E-state index contributed by atoms with van der Waals surface area (Å²) in [5.74, 6) is -0.00719. The number of nitrogens with one attached hydrogen (secondary N) is 1. The maximum Gasteiger partial charge on any atom is 0.234 e. The molecule has 0 bridgehead atoms. The molecule has 1 aromatic heterocycles. The first-order valence-corrected chi connectivity index (χ1v) is 9.22. The standard InChI is InChI=1S/C18H17ClN4OS/c1-23-7-6-15-13(10-23)8-12(9-20)18(22-15)25-11-17(24)21-16-5-3-2-4-14(16)19/h2-5,8H,6-7,10-11H2,1H3,(H,21,24). The number of anilines is 1. The molecule has 0 aliphatic carbocycles. The second-order valence-electron chi connectivity index (χ2n) is 5.86. The molecule has 3 rings (SSSR count). The lowest BCUT2D eigenvalue weighted by atomic mass is 10.0. The molecule has 0 spiro atoms. The molecule has 7 heteroatoms. The predicted octanol–water partition coefficient (Wildman–Crippen LogP) is 3.33. The molecule has 0 radical (unpaired) electrons. The minimum atomic E-state index is -0.179. The highest BCUT2D eigenvalue weighted by Crippen LogP contribution is 2.26. The van der Waals surface area contributed by atoms with E-state index in [9.17, 15) is 10.1 Å². The van der Waals surface area contributed by atoms with Gasteiger partial charge in [0.25, 0.3) is 0 Å². The van der Waals surface area contributed by atoms with Gasteiger partial charge in [0.1, 0.15) is 11.1 Å². The number of thioether (sulfide) groups is 1. The Bertz CT molecular complexity index is 849. The molecule has 128 valence electrons. The van der Waals surface area contributed by atoms with Gasteiger partial charge in [-0.3, -0.25) is 4.79 Å². The number of aromatic nitrogens is 1. The molecule has 1 amide bonds. The van der Waals surface area contributed by atoms with Crippen LogP contribution in [-0.4, -0.2) is 35.1 Å². The number of fused-ring (bicyclic) bond motifs is 1. The van der Waals surface area contributed by atoms with Crippen LogP contribution in [0.1, 0.15) is 16.8 Å². The van der Waals surface area contributed by atoms with Crippen LogP contribution in [0, 0.1) is 11.3 Å². The van der Waals surface area contributed by atoms with Crippen LogP contribution in [0.15, 0.2) is 35.4 Å². The zero-order valence-corrected chi connectivity index (χ0v) is 15.3. The first-order chi connectivity index (χ1) is 12.1. The maximum absolute atomic E-state index is 12.2. The molecule has 25 heavy (non-hydrogen) atoms. The lowest BCUT2D eigenvalue weighted by Crippen LogP contribution is -2.27. The van der Waals surface area contributed by atoms with Gasteiger partial charge in [0.05, 0.1) is 22.0 Å². The summed E-state index contributed by atoms with van der Waals surface area (Å²) in [4.78, 5) is 19.0. The molecule has 0 atom stereocenters. The number of rotatable bonds is 4. The van der Waals surface area contributed by atoms with E-state index in [2.05, 4.69) is 28.3 Å². The zero-order valence-electron chi connectivity index (χ0n) is 13.8. The molecule has 2 aromatic rings. The zero-order chi connectivity index (χ0) is 17.8. The summed E-state index contributed by atoms with van der Waals surface area (Å²) in [6, 6.07) is 11.2. The number of carbonyl (C=O) groups excluding carboxylic acids is 1. The summed E-state index contributed by atoms with van der Waals surface area (Å²) in [6.45, 7) is 1.75. The SMILES string of the molecule is CN1CCc2nc(SCC(=O)Nc3ccccc3Cl)c(C#N)cc2C1. The van der Waals surface area contributed by atoms with Crippen molar-refractivity contribution in [3.05, 3.63) is 52.2 Å². The Morgan fingerprint density at radius 3 is 3.04 bits per heavy atom. The number of nitrogens with zero attached hydrogens (tertiary/aromatic N) is 3. The Hall–Kier alpha value is -2.07. The normalized spacial score (nSPS) is 13.8. The molecule has 0 fully saturated rings. The number of hydrogen-bond acceptors (Lipinski definition) is 5. The maximum atomic E-state index is 12.2. The highest BCUT2D eigenvalue weighted by atomic mass is 35.5. The van der Waals surface area contributed by atoms with Crippen molar-refractivity contribution in [2.24, 2.45) is 0 Å². The van der Waals surface area contributed by atoms with E-state index in [0.717, 1.165) is 30.8 Å². The smallest absolute Gasteiger partial charge is 0.234 e. The fraction of sp³-hybridized carbons (Fsp3) is 0.278. The molecule has 0 saturated carbocycles. The molecule has 1 aromatic carbocycles. The van der Waals surface area contributed by atoms with Gasteiger partial charge in [-0.2, -0.15) is 5.26 Å². The van der Waals surface area contributed by atoms with E-state index in [-0.39, 0.29) is 11.7 Å². The van der Waals surface area contributed by atoms with Crippen molar-refractivity contribution in [3.63, 3.8) is 0 Å². The second-order valence-corrected chi connectivity index (χ2v) is 7.23. The van der Waals surface area contributed by atoms with Crippen molar-refractivity contribution < 1.29 is 4.79 Å². The number of halogens is 1. The average Bonchev–Trinajstić information content (AvgIpc) is 2.61. The summed E-state index contributed by atoms with van der Waals surface area (Å²) >= 11 is 7.32. The average molecular weight is 373 g/mol. The van der Waals surface area contributed by atoms with Crippen molar-refractivity contribution in [2.75, 3.05) is 24.7 Å². The van der Waals surface area contributed by atoms with Crippen LogP contribution in [0.4, 0.5) is 5.69 Å². The van der Waals surface area contributed by atoms with E-state index in [1.54, 1.807) is 18.2 Å². The van der Waals surface area contributed by atoms with E-state index in [1.165, 1.54) is 11.8 Å². The summed E-state index contributed by atoms with van der Waals surface area (Å²) < 4.78 is 0. The monoisotopic (exact) mass is 372 g/mol. The summed E-state index contributed by atoms with van der Waals surface area (Å²) in [5.41, 5.74) is 3.21. The van der Waals surface area contributed by atoms with Crippen LogP contribution in [0.2, 0.25) is 5.02 Å². The Labute approximate surface area is 156 Å². The van der Waals surface area contributed by atoms with Crippen molar-refractivity contribution >= 4 is 35.0 Å². The Balaban J connectivity index is 1.70. The van der Waals surface area contributed by atoms with Crippen molar-refractivity contribution in [1.29, 1.82) is 5.26 Å². The van der Waals surface area contributed by atoms with E-state index in [4.69, 9.17) is 11.6 Å². The third-order valence-electron chi connectivity index (χ3n) is 3.94. The van der Waals surface area contributed by atoms with Gasteiger partial charge in [0, 0.05) is 25.2 Å². The lowest BCUT2D eigenvalue weighted by molar-refractivity contribution is -0.113. The molecular formula is C18H17ClN4OS. The van der Waals surface area contributed by atoms with Gasteiger partial charge < -0.3 is 10.2 Å². The fourth-order valence-electron chi connectivity index (χ4n) is 2.67. The van der Waals surface area contributed by atoms with Gasteiger partial charge in [-0.25, -0.2) is 4.98 Å². The second kappa shape index (κ2) is 7.87. The summed E-state index contributed by atoms with van der Waals surface area (Å²) in [7, 11) is 2.05. The van der Waals surface area contributed by atoms with E-state index in [1.807, 2.05) is 12.1 Å². The Morgan fingerprint density at radius 1 is 1.48 bits per heavy atom. The van der Waals surface area contributed by atoms with Crippen LogP contribution in [-0.2, 0) is 17.8 Å². The van der Waals surface area contributed by atoms with Crippen LogP contribution in [0.5, 0.6) is 0 Å². The van der Waals surface area contributed by atoms with Crippen LogP contribution in [0.3, 0.4) is 0 Å². The minimum Gasteiger partial charge on any atom is -0.324 e. The van der Waals surface area contributed by atoms with E-state index in [0.29, 0.717) is 21.3 Å². The highest BCUT2D eigenvalue weighted by molar-refractivity contribution is 8.00. The molecular weight excluding hydrogens is 356 g/mol. The lowest BCUT2D eigenvalue weighted by Gasteiger charge is -2.24.